The number of piperazine rings is 1. The van der Waals surface area contributed by atoms with Gasteiger partial charge in [0.05, 0.1) is 13.2 Å². The summed E-state index contributed by atoms with van der Waals surface area (Å²) in [5.41, 5.74) is 2.01. The van der Waals surface area contributed by atoms with Gasteiger partial charge >= 0.3 is 0 Å². The maximum absolute atomic E-state index is 13.6. The van der Waals surface area contributed by atoms with Crippen molar-refractivity contribution in [2.45, 2.75) is 38.8 Å². The lowest BCUT2D eigenvalue weighted by molar-refractivity contribution is -0.137. The van der Waals surface area contributed by atoms with Gasteiger partial charge in [0.1, 0.15) is 11.6 Å². The summed E-state index contributed by atoms with van der Waals surface area (Å²) in [6.45, 7) is 6.83. The highest BCUT2D eigenvalue weighted by Gasteiger charge is 2.34. The van der Waals surface area contributed by atoms with Gasteiger partial charge in [-0.25, -0.2) is 4.39 Å². The molecular weight excluding hydrogens is 495 g/mol. The zero-order chi connectivity index (χ0) is 27.2. The van der Waals surface area contributed by atoms with Crippen LogP contribution in [0.1, 0.15) is 36.8 Å². The number of hydrogen-bond acceptors (Lipinski definition) is 5. The molecular formula is C31H41FN4O3. The Morgan fingerprint density at radius 3 is 2.54 bits per heavy atom. The van der Waals surface area contributed by atoms with Crippen LogP contribution in [0.2, 0.25) is 0 Å². The largest absolute Gasteiger partial charge is 0.493 e. The predicted octanol–water partition coefficient (Wildman–Crippen LogP) is 3.63. The Kier molecular flexibility index (Phi) is 9.14. The normalized spacial score (nSPS) is 23.7. The zero-order valence-corrected chi connectivity index (χ0v) is 23.1. The van der Waals surface area contributed by atoms with Gasteiger partial charge in [-0.2, -0.15) is 0 Å². The van der Waals surface area contributed by atoms with Gasteiger partial charge in [-0.3, -0.25) is 14.5 Å². The first-order valence-electron chi connectivity index (χ1n) is 14.4. The van der Waals surface area contributed by atoms with Crippen LogP contribution in [-0.4, -0.2) is 90.9 Å². The van der Waals surface area contributed by atoms with Crippen LogP contribution in [0, 0.1) is 17.7 Å². The number of likely N-dealkylation sites (N-methyl/N-ethyl adjacent to an activating group) is 1. The number of fused-ring (bicyclic) bond motifs is 3. The summed E-state index contributed by atoms with van der Waals surface area (Å²) in [7, 11) is 2.10. The maximum atomic E-state index is 13.6. The summed E-state index contributed by atoms with van der Waals surface area (Å²) in [5.74, 6) is 1.52. The summed E-state index contributed by atoms with van der Waals surface area (Å²) < 4.78 is 19.8. The van der Waals surface area contributed by atoms with E-state index < -0.39 is 0 Å². The highest BCUT2D eigenvalue weighted by atomic mass is 19.1. The second-order valence-electron chi connectivity index (χ2n) is 11.4. The average Bonchev–Trinajstić information content (AvgIpc) is 2.94. The summed E-state index contributed by atoms with van der Waals surface area (Å²) in [6.07, 6.45) is 3.25. The van der Waals surface area contributed by atoms with Crippen LogP contribution in [-0.2, 0) is 22.7 Å². The summed E-state index contributed by atoms with van der Waals surface area (Å²) in [5, 5.41) is 0. The van der Waals surface area contributed by atoms with E-state index in [0.29, 0.717) is 39.2 Å². The van der Waals surface area contributed by atoms with Gasteiger partial charge in [-0.15, -0.1) is 0 Å². The monoisotopic (exact) mass is 536 g/mol. The zero-order valence-electron chi connectivity index (χ0n) is 23.1. The molecule has 3 aliphatic rings. The molecule has 0 radical (unpaired) electrons. The van der Waals surface area contributed by atoms with Crippen molar-refractivity contribution >= 4 is 11.8 Å². The summed E-state index contributed by atoms with van der Waals surface area (Å²) >= 11 is 0. The summed E-state index contributed by atoms with van der Waals surface area (Å²) in [6, 6.07) is 14.5. The Bertz CT molecular complexity index is 1120. The second kappa shape index (κ2) is 12.9. The number of ether oxygens (including phenoxy) is 1. The third-order valence-corrected chi connectivity index (χ3v) is 8.56. The lowest BCUT2D eigenvalue weighted by Gasteiger charge is -2.40. The third kappa shape index (κ3) is 7.37. The van der Waals surface area contributed by atoms with Crippen LogP contribution in [0.5, 0.6) is 5.75 Å². The molecule has 8 heteroatoms. The van der Waals surface area contributed by atoms with E-state index in [4.69, 9.17) is 4.74 Å². The van der Waals surface area contributed by atoms with Crippen molar-refractivity contribution in [2.75, 3.05) is 59.5 Å². The van der Waals surface area contributed by atoms with Crippen molar-refractivity contribution in [2.24, 2.45) is 11.8 Å². The molecule has 5 rings (SSSR count). The number of para-hydroxylation sites is 1. The van der Waals surface area contributed by atoms with Crippen LogP contribution in [0.25, 0.3) is 0 Å². The van der Waals surface area contributed by atoms with Crippen molar-refractivity contribution in [1.82, 2.24) is 19.6 Å². The van der Waals surface area contributed by atoms with Crippen molar-refractivity contribution < 1.29 is 18.7 Å². The number of carbonyl (C=O) groups is 2. The molecule has 7 nitrogen and oxygen atoms in total. The van der Waals surface area contributed by atoms with Gasteiger partial charge in [-0.05, 0) is 61.9 Å². The number of piperidine rings is 1. The number of halogens is 1. The Hall–Kier alpha value is -2.97. The molecule has 2 aromatic carbocycles. The number of rotatable bonds is 4. The highest BCUT2D eigenvalue weighted by molar-refractivity contribution is 5.79. The van der Waals surface area contributed by atoms with Gasteiger partial charge in [0.15, 0.2) is 0 Å². The average molecular weight is 537 g/mol. The van der Waals surface area contributed by atoms with Crippen LogP contribution in [0.4, 0.5) is 4.39 Å². The molecule has 0 aliphatic carbocycles. The molecule has 2 amide bonds. The lowest BCUT2D eigenvalue weighted by Crippen LogP contribution is -2.50. The molecule has 2 atom stereocenters. The first-order valence-corrected chi connectivity index (χ1v) is 14.4. The molecule has 0 N–H and O–H groups in total. The van der Waals surface area contributed by atoms with Crippen LogP contribution < -0.4 is 4.74 Å². The van der Waals surface area contributed by atoms with Crippen LogP contribution in [0.3, 0.4) is 0 Å². The van der Waals surface area contributed by atoms with Crippen molar-refractivity contribution in [3.63, 3.8) is 0 Å². The molecule has 39 heavy (non-hydrogen) atoms. The lowest BCUT2D eigenvalue weighted by atomic mass is 9.80. The Labute approximate surface area is 231 Å². The first-order chi connectivity index (χ1) is 18.9. The quantitative estimate of drug-likeness (QED) is 0.598. The van der Waals surface area contributed by atoms with Gasteiger partial charge in [0, 0.05) is 64.3 Å². The Balaban J connectivity index is 1.31. The maximum Gasteiger partial charge on any atom is 0.236 e. The fraction of sp³-hybridized carbons (Fsp3) is 0.548. The van der Waals surface area contributed by atoms with E-state index in [9.17, 15) is 14.0 Å². The molecule has 0 saturated carbocycles. The third-order valence-electron chi connectivity index (χ3n) is 8.56. The van der Waals surface area contributed by atoms with E-state index in [1.165, 1.54) is 12.1 Å². The topological polar surface area (TPSA) is 56.3 Å². The fourth-order valence-corrected chi connectivity index (χ4v) is 6.16. The number of carbonyl (C=O) groups excluding carboxylic acids is 2. The first kappa shape index (κ1) is 27.6. The minimum atomic E-state index is -0.265. The molecule has 2 bridgehead atoms. The molecule has 2 aromatic rings. The van der Waals surface area contributed by atoms with E-state index in [2.05, 4.69) is 22.9 Å². The molecule has 0 spiro atoms. The minimum Gasteiger partial charge on any atom is -0.493 e. The fourth-order valence-electron chi connectivity index (χ4n) is 6.16. The number of benzene rings is 2. The van der Waals surface area contributed by atoms with E-state index in [0.717, 1.165) is 62.3 Å². The van der Waals surface area contributed by atoms with Crippen LogP contribution in [0.15, 0.2) is 48.5 Å². The van der Waals surface area contributed by atoms with Gasteiger partial charge in [-0.1, -0.05) is 30.3 Å². The van der Waals surface area contributed by atoms with E-state index in [1.807, 2.05) is 28.0 Å². The van der Waals surface area contributed by atoms with E-state index in [-0.39, 0.29) is 36.0 Å². The molecule has 2 fully saturated rings. The molecule has 210 valence electrons. The molecule has 2 saturated heterocycles. The number of amides is 2. The Morgan fingerprint density at radius 2 is 1.74 bits per heavy atom. The van der Waals surface area contributed by atoms with Gasteiger partial charge in [0.25, 0.3) is 0 Å². The smallest absolute Gasteiger partial charge is 0.236 e. The highest BCUT2D eigenvalue weighted by Crippen LogP contribution is 2.32. The molecule has 0 unspecified atom stereocenters. The van der Waals surface area contributed by atoms with E-state index in [1.54, 1.807) is 12.1 Å². The Morgan fingerprint density at radius 1 is 0.974 bits per heavy atom. The number of hydrogen-bond donors (Lipinski definition) is 0. The van der Waals surface area contributed by atoms with Crippen molar-refractivity contribution in [1.29, 1.82) is 0 Å². The van der Waals surface area contributed by atoms with Crippen LogP contribution >= 0.6 is 0 Å². The number of nitrogens with zero attached hydrogens (tertiary/aromatic N) is 4. The van der Waals surface area contributed by atoms with Crippen molar-refractivity contribution in [3.05, 3.63) is 65.5 Å². The molecule has 0 aromatic heterocycles. The van der Waals surface area contributed by atoms with Gasteiger partial charge < -0.3 is 19.4 Å². The second-order valence-corrected chi connectivity index (χ2v) is 11.4. The predicted molar refractivity (Wildman–Crippen MR) is 149 cm³/mol. The van der Waals surface area contributed by atoms with Crippen molar-refractivity contribution in [3.8, 4) is 5.75 Å². The molecule has 3 heterocycles. The summed E-state index contributed by atoms with van der Waals surface area (Å²) in [4.78, 5) is 35.2. The SMILES string of the molecule is CN1CCN(C(=O)C[C@@H]2CCN3C[C@@H]2CCCOc2ccccc2CN(Cc2ccc(F)cc2)CC3=O)CC1. The van der Waals surface area contributed by atoms with Gasteiger partial charge in [0.2, 0.25) is 11.8 Å². The molecule has 3 aliphatic heterocycles. The minimum absolute atomic E-state index is 0.114. The van der Waals surface area contributed by atoms with E-state index >= 15 is 0 Å². The standard InChI is InChI=1S/C31H41FN4O3/c1-33-14-16-35(17-15-33)30(37)19-25-12-13-36-22-26(25)6-4-18-39-29-7-3-2-5-27(29)21-34(23-31(36)38)20-24-8-10-28(32)11-9-24/h2-3,5,7-11,25-26H,4,6,12-23H2,1H3/t25-,26-/m0/s1.